The van der Waals surface area contributed by atoms with Gasteiger partial charge in [-0.1, -0.05) is 18.2 Å². The second-order valence-electron chi connectivity index (χ2n) is 2.42. The van der Waals surface area contributed by atoms with Gasteiger partial charge in [-0.25, -0.2) is 4.99 Å². The molecular weight excluding hydrogens is 152 g/mol. The minimum absolute atomic E-state index is 0.144. The molecule has 0 saturated carbocycles. The number of carbonyl (C=O) groups excluding carboxylic acids is 1. The first-order chi connectivity index (χ1) is 5.83. The standard InChI is InChI=1S/C9H4N2O/c10-5-7-6-3-1-2-4-8(6)11-9(7)12/h1-4H. The molecule has 3 heteroatoms. The highest BCUT2D eigenvalue weighted by Crippen LogP contribution is 1.96. The van der Waals surface area contributed by atoms with Gasteiger partial charge >= 0.3 is 0 Å². The zero-order valence-electron chi connectivity index (χ0n) is 6.11. The Hall–Kier alpha value is -1.95. The number of hydrogen-bond acceptors (Lipinski definition) is 2. The summed E-state index contributed by atoms with van der Waals surface area (Å²) < 4.78 is 0. The highest BCUT2D eigenvalue weighted by Gasteiger charge is 2.14. The van der Waals surface area contributed by atoms with Crippen LogP contribution in [0.2, 0.25) is 0 Å². The lowest BCUT2D eigenvalue weighted by Gasteiger charge is -1.80. The molecule has 1 amide bonds. The molecule has 3 nitrogen and oxygen atoms in total. The molecule has 2 rings (SSSR count). The monoisotopic (exact) mass is 156 g/mol. The Balaban J connectivity index is 3.00. The number of carbonyl (C=O) groups is 1. The van der Waals surface area contributed by atoms with Gasteiger partial charge in [-0.05, 0) is 6.07 Å². The highest BCUT2D eigenvalue weighted by molar-refractivity contribution is 6.20. The molecule has 0 radical (unpaired) electrons. The summed E-state index contributed by atoms with van der Waals surface area (Å²) in [6, 6.07) is 8.86. The van der Waals surface area contributed by atoms with Crippen molar-refractivity contribution in [3.8, 4) is 6.07 Å². The lowest BCUT2D eigenvalue weighted by atomic mass is 10.2. The summed E-state index contributed by atoms with van der Waals surface area (Å²) in [5, 5.41) is 9.86. The number of para-hydroxylation sites is 1. The third-order valence-electron chi connectivity index (χ3n) is 1.72. The summed E-state index contributed by atoms with van der Waals surface area (Å²) in [7, 11) is 0. The molecule has 0 fully saturated rings. The summed E-state index contributed by atoms with van der Waals surface area (Å²) in [6.07, 6.45) is 0. The zero-order chi connectivity index (χ0) is 8.55. The van der Waals surface area contributed by atoms with Crippen LogP contribution in [0.1, 0.15) is 0 Å². The van der Waals surface area contributed by atoms with Crippen LogP contribution in [0.5, 0.6) is 0 Å². The van der Waals surface area contributed by atoms with Crippen LogP contribution in [0.4, 0.5) is 0 Å². The Morgan fingerprint density at radius 1 is 1.33 bits per heavy atom. The fourth-order valence-corrected chi connectivity index (χ4v) is 1.17. The van der Waals surface area contributed by atoms with E-state index in [1.54, 1.807) is 24.3 Å². The Labute approximate surface area is 68.3 Å². The first-order valence-electron chi connectivity index (χ1n) is 3.45. The van der Waals surface area contributed by atoms with Crippen LogP contribution in [0.15, 0.2) is 29.3 Å². The molecule has 0 spiro atoms. The van der Waals surface area contributed by atoms with Crippen LogP contribution < -0.4 is 10.6 Å². The number of nitrogens with zero attached hydrogens (tertiary/aromatic N) is 2. The van der Waals surface area contributed by atoms with E-state index in [0.717, 1.165) is 0 Å². The van der Waals surface area contributed by atoms with Gasteiger partial charge in [0.25, 0.3) is 5.91 Å². The molecule has 1 aromatic carbocycles. The van der Waals surface area contributed by atoms with Crippen molar-refractivity contribution in [2.45, 2.75) is 0 Å². The van der Waals surface area contributed by atoms with Gasteiger partial charge in [0.05, 0.1) is 5.36 Å². The maximum absolute atomic E-state index is 11.0. The van der Waals surface area contributed by atoms with Crippen molar-refractivity contribution in [1.29, 1.82) is 5.26 Å². The average Bonchev–Trinajstić information content (AvgIpc) is 2.40. The van der Waals surface area contributed by atoms with Crippen molar-refractivity contribution in [2.24, 2.45) is 4.99 Å². The van der Waals surface area contributed by atoms with E-state index in [4.69, 9.17) is 5.26 Å². The molecule has 1 heterocycles. The molecule has 0 saturated heterocycles. The van der Waals surface area contributed by atoms with Gasteiger partial charge in [-0.2, -0.15) is 5.26 Å². The SMILES string of the molecule is N#CC1=c2ccccc2=NC1=O. The smallest absolute Gasteiger partial charge is 0.266 e. The van der Waals surface area contributed by atoms with Gasteiger partial charge < -0.3 is 0 Å². The van der Waals surface area contributed by atoms with Crippen molar-refractivity contribution in [3.05, 3.63) is 34.8 Å². The zero-order valence-corrected chi connectivity index (χ0v) is 6.11. The van der Waals surface area contributed by atoms with Crippen LogP contribution in [-0.4, -0.2) is 5.91 Å². The first kappa shape index (κ1) is 6.74. The second-order valence-corrected chi connectivity index (χ2v) is 2.42. The van der Waals surface area contributed by atoms with Crippen LogP contribution in [0, 0.1) is 11.3 Å². The minimum atomic E-state index is -0.432. The second kappa shape index (κ2) is 2.28. The van der Waals surface area contributed by atoms with E-state index in [0.29, 0.717) is 10.6 Å². The van der Waals surface area contributed by atoms with Crippen molar-refractivity contribution >= 4 is 11.5 Å². The lowest BCUT2D eigenvalue weighted by molar-refractivity contribution is -0.112. The number of nitriles is 1. The third-order valence-corrected chi connectivity index (χ3v) is 1.72. The van der Waals surface area contributed by atoms with Gasteiger partial charge in [0.15, 0.2) is 0 Å². The molecule has 0 aliphatic carbocycles. The summed E-state index contributed by atoms with van der Waals surface area (Å²) in [5.74, 6) is -0.432. The molecular formula is C9H4N2O. The van der Waals surface area contributed by atoms with Crippen molar-refractivity contribution in [2.75, 3.05) is 0 Å². The van der Waals surface area contributed by atoms with Crippen molar-refractivity contribution in [3.63, 3.8) is 0 Å². The molecule has 1 aromatic rings. The molecule has 56 valence electrons. The number of rotatable bonds is 0. The van der Waals surface area contributed by atoms with Gasteiger partial charge in [0, 0.05) is 5.22 Å². The largest absolute Gasteiger partial charge is 0.288 e. The Morgan fingerprint density at radius 2 is 2.08 bits per heavy atom. The van der Waals surface area contributed by atoms with Gasteiger partial charge in [-0.3, -0.25) is 4.79 Å². The lowest BCUT2D eigenvalue weighted by Crippen LogP contribution is -2.21. The first-order valence-corrected chi connectivity index (χ1v) is 3.45. The van der Waals surface area contributed by atoms with Crippen molar-refractivity contribution in [1.82, 2.24) is 0 Å². The van der Waals surface area contributed by atoms with E-state index in [2.05, 4.69) is 4.99 Å². The van der Waals surface area contributed by atoms with Gasteiger partial charge in [-0.15, -0.1) is 0 Å². The van der Waals surface area contributed by atoms with E-state index in [1.807, 2.05) is 6.07 Å². The summed E-state index contributed by atoms with van der Waals surface area (Å²) in [6.45, 7) is 0. The third kappa shape index (κ3) is 0.753. The van der Waals surface area contributed by atoms with E-state index in [9.17, 15) is 4.79 Å². The summed E-state index contributed by atoms with van der Waals surface area (Å²) >= 11 is 0. The highest BCUT2D eigenvalue weighted by atomic mass is 16.1. The Kier molecular flexibility index (Phi) is 1.28. The van der Waals surface area contributed by atoms with Crippen LogP contribution in [-0.2, 0) is 4.79 Å². The quantitative estimate of drug-likeness (QED) is 0.509. The summed E-state index contributed by atoms with van der Waals surface area (Å²) in [5.41, 5.74) is 0.144. The summed E-state index contributed by atoms with van der Waals surface area (Å²) in [4.78, 5) is 14.7. The predicted molar refractivity (Wildman–Crippen MR) is 41.3 cm³/mol. The van der Waals surface area contributed by atoms with Gasteiger partial charge in [0.2, 0.25) is 0 Å². The predicted octanol–water partition coefficient (Wildman–Crippen LogP) is -0.479. The van der Waals surface area contributed by atoms with E-state index in [-0.39, 0.29) is 5.57 Å². The molecule has 1 aliphatic heterocycles. The molecule has 1 aliphatic rings. The normalized spacial score (nSPS) is 13.6. The van der Waals surface area contributed by atoms with Crippen LogP contribution in [0.3, 0.4) is 0 Å². The number of amides is 1. The van der Waals surface area contributed by atoms with Crippen LogP contribution in [0.25, 0.3) is 5.57 Å². The molecule has 0 aromatic heterocycles. The number of hydrogen-bond donors (Lipinski definition) is 0. The maximum Gasteiger partial charge on any atom is 0.288 e. The van der Waals surface area contributed by atoms with Gasteiger partial charge in [0.1, 0.15) is 11.6 Å². The van der Waals surface area contributed by atoms with E-state index >= 15 is 0 Å². The Morgan fingerprint density at radius 3 is 2.83 bits per heavy atom. The molecule has 0 atom stereocenters. The molecule has 0 bridgehead atoms. The number of fused-ring (bicyclic) bond motifs is 1. The molecule has 0 N–H and O–H groups in total. The Bertz CT molecular complexity index is 508. The molecule has 0 unspecified atom stereocenters. The topological polar surface area (TPSA) is 53.2 Å². The average molecular weight is 156 g/mol. The van der Waals surface area contributed by atoms with Crippen LogP contribution >= 0.6 is 0 Å². The molecule has 12 heavy (non-hydrogen) atoms. The van der Waals surface area contributed by atoms with Crippen molar-refractivity contribution < 1.29 is 4.79 Å². The minimum Gasteiger partial charge on any atom is -0.266 e. The number of benzene rings is 1. The fourth-order valence-electron chi connectivity index (χ4n) is 1.17. The van der Waals surface area contributed by atoms with E-state index < -0.39 is 5.91 Å². The maximum atomic E-state index is 11.0. The van der Waals surface area contributed by atoms with E-state index in [1.165, 1.54) is 0 Å². The fraction of sp³-hybridized carbons (Fsp3) is 0.